The van der Waals surface area contributed by atoms with Crippen molar-refractivity contribution in [2.75, 3.05) is 36.5 Å². The summed E-state index contributed by atoms with van der Waals surface area (Å²) in [6.45, 7) is 3.10. The van der Waals surface area contributed by atoms with Crippen molar-refractivity contribution in [3.63, 3.8) is 0 Å². The van der Waals surface area contributed by atoms with Gasteiger partial charge in [-0.05, 0) is 42.0 Å². The summed E-state index contributed by atoms with van der Waals surface area (Å²) in [7, 11) is 0. The molecule has 8 heteroatoms. The Labute approximate surface area is 199 Å². The summed E-state index contributed by atoms with van der Waals surface area (Å²) in [5, 5.41) is 3.99. The van der Waals surface area contributed by atoms with Gasteiger partial charge in [0.25, 0.3) is 5.91 Å². The van der Waals surface area contributed by atoms with Gasteiger partial charge in [-0.15, -0.1) is 11.8 Å². The van der Waals surface area contributed by atoms with Gasteiger partial charge in [0, 0.05) is 29.4 Å². The van der Waals surface area contributed by atoms with Gasteiger partial charge in [-0.3, -0.25) is 4.79 Å². The van der Waals surface area contributed by atoms with Crippen LogP contribution in [0, 0.1) is 5.82 Å². The minimum absolute atomic E-state index is 0.191. The molecule has 3 aromatic carbocycles. The summed E-state index contributed by atoms with van der Waals surface area (Å²) in [5.74, 6) is 0.0267. The topological polar surface area (TPSA) is 54.5 Å². The van der Waals surface area contributed by atoms with E-state index in [4.69, 9.17) is 9.72 Å². The molecule has 1 aromatic heterocycles. The molecule has 0 aliphatic carbocycles. The van der Waals surface area contributed by atoms with Crippen LogP contribution in [0.25, 0.3) is 10.2 Å². The Morgan fingerprint density at radius 1 is 1.09 bits per heavy atom. The number of aromatic nitrogens is 1. The van der Waals surface area contributed by atoms with E-state index in [2.05, 4.69) is 10.2 Å². The van der Waals surface area contributed by atoms with Crippen LogP contribution in [-0.2, 0) is 10.5 Å². The second-order valence-electron chi connectivity index (χ2n) is 7.61. The minimum Gasteiger partial charge on any atom is -0.378 e. The Bertz CT molecular complexity index is 1290. The third-order valence-corrected chi connectivity index (χ3v) is 7.59. The molecule has 0 spiro atoms. The van der Waals surface area contributed by atoms with E-state index in [0.29, 0.717) is 30.1 Å². The van der Waals surface area contributed by atoms with Crippen LogP contribution in [0.3, 0.4) is 0 Å². The molecule has 5 rings (SSSR count). The van der Waals surface area contributed by atoms with Crippen LogP contribution in [0.4, 0.5) is 15.2 Å². The number of benzene rings is 3. The number of thioether (sulfide) groups is 1. The van der Waals surface area contributed by atoms with E-state index in [0.717, 1.165) is 39.0 Å². The number of nitrogens with one attached hydrogen (secondary N) is 1. The van der Waals surface area contributed by atoms with Crippen LogP contribution < -0.4 is 10.2 Å². The summed E-state index contributed by atoms with van der Waals surface area (Å²) < 4.78 is 20.4. The van der Waals surface area contributed by atoms with Gasteiger partial charge in [-0.25, -0.2) is 9.37 Å². The van der Waals surface area contributed by atoms with Gasteiger partial charge in [0.15, 0.2) is 5.13 Å². The minimum atomic E-state index is -0.235. The summed E-state index contributed by atoms with van der Waals surface area (Å²) in [5.41, 5.74) is 2.82. The first-order valence-corrected chi connectivity index (χ1v) is 12.5. The molecule has 0 radical (unpaired) electrons. The van der Waals surface area contributed by atoms with Crippen molar-refractivity contribution >= 4 is 50.0 Å². The standard InChI is InChI=1S/C25H22FN3O2S2/c26-20-7-3-1-5-17(20)16-32-22-8-4-2-6-19(22)24(30)27-18-9-10-21-23(15-18)33-25(28-21)29-11-13-31-14-12-29/h1-10,15H,11-14,16H2,(H,27,30). The number of amides is 1. The first-order chi connectivity index (χ1) is 16.2. The molecule has 1 saturated heterocycles. The molecule has 1 fully saturated rings. The molecule has 0 atom stereocenters. The van der Waals surface area contributed by atoms with Crippen LogP contribution in [0.2, 0.25) is 0 Å². The molecular weight excluding hydrogens is 457 g/mol. The number of fused-ring (bicyclic) bond motifs is 1. The Morgan fingerprint density at radius 3 is 2.73 bits per heavy atom. The molecule has 0 unspecified atom stereocenters. The summed E-state index contributed by atoms with van der Waals surface area (Å²) in [4.78, 5) is 20.8. The highest BCUT2D eigenvalue weighted by Crippen LogP contribution is 2.32. The fourth-order valence-electron chi connectivity index (χ4n) is 3.63. The van der Waals surface area contributed by atoms with E-state index < -0.39 is 0 Å². The van der Waals surface area contributed by atoms with Gasteiger partial charge in [0.1, 0.15) is 5.82 Å². The predicted molar refractivity (Wildman–Crippen MR) is 133 cm³/mol. The fourth-order valence-corrected chi connectivity index (χ4v) is 5.72. The number of rotatable bonds is 6. The van der Waals surface area contributed by atoms with Crippen LogP contribution in [0.5, 0.6) is 0 Å². The maximum Gasteiger partial charge on any atom is 0.256 e. The van der Waals surface area contributed by atoms with Crippen molar-refractivity contribution in [1.29, 1.82) is 0 Å². The van der Waals surface area contributed by atoms with Crippen LogP contribution in [-0.4, -0.2) is 37.2 Å². The van der Waals surface area contributed by atoms with E-state index in [-0.39, 0.29) is 11.7 Å². The van der Waals surface area contributed by atoms with E-state index >= 15 is 0 Å². The summed E-state index contributed by atoms with van der Waals surface area (Å²) in [6.07, 6.45) is 0. The maximum absolute atomic E-state index is 14.0. The third-order valence-electron chi connectivity index (χ3n) is 5.39. The highest BCUT2D eigenvalue weighted by Gasteiger charge is 2.17. The number of carbonyl (C=O) groups is 1. The zero-order valence-electron chi connectivity index (χ0n) is 17.8. The van der Waals surface area contributed by atoms with Gasteiger partial charge >= 0.3 is 0 Å². The number of morpholine rings is 1. The lowest BCUT2D eigenvalue weighted by Gasteiger charge is -2.25. The predicted octanol–water partition coefficient (Wildman–Crippen LogP) is 5.82. The van der Waals surface area contributed by atoms with Crippen molar-refractivity contribution in [2.45, 2.75) is 10.6 Å². The second kappa shape index (κ2) is 9.91. The number of ether oxygens (including phenoxy) is 1. The van der Waals surface area contributed by atoms with Crippen molar-refractivity contribution in [1.82, 2.24) is 4.98 Å². The Balaban J connectivity index is 1.31. The van der Waals surface area contributed by atoms with Crippen molar-refractivity contribution in [3.05, 3.63) is 83.7 Å². The van der Waals surface area contributed by atoms with Gasteiger partial charge in [-0.2, -0.15) is 0 Å². The lowest BCUT2D eigenvalue weighted by molar-refractivity contribution is 0.102. The SMILES string of the molecule is O=C(Nc1ccc2nc(N3CCOCC3)sc2c1)c1ccccc1SCc1ccccc1F. The zero-order chi connectivity index (χ0) is 22.6. The van der Waals surface area contributed by atoms with Crippen molar-refractivity contribution in [3.8, 4) is 0 Å². The fraction of sp³-hybridized carbons (Fsp3) is 0.200. The second-order valence-corrected chi connectivity index (χ2v) is 9.64. The van der Waals surface area contributed by atoms with E-state index in [1.165, 1.54) is 17.8 Å². The molecular formula is C25H22FN3O2S2. The first kappa shape index (κ1) is 21.9. The van der Waals surface area contributed by atoms with Crippen LogP contribution >= 0.6 is 23.1 Å². The van der Waals surface area contributed by atoms with Crippen molar-refractivity contribution in [2.24, 2.45) is 0 Å². The number of halogens is 1. The Kier molecular flexibility index (Phi) is 6.57. The quantitative estimate of drug-likeness (QED) is 0.353. The zero-order valence-corrected chi connectivity index (χ0v) is 19.4. The number of carbonyl (C=O) groups excluding carboxylic acids is 1. The lowest BCUT2D eigenvalue weighted by Crippen LogP contribution is -2.36. The largest absolute Gasteiger partial charge is 0.378 e. The highest BCUT2D eigenvalue weighted by molar-refractivity contribution is 7.98. The molecule has 33 heavy (non-hydrogen) atoms. The molecule has 168 valence electrons. The number of hydrogen-bond acceptors (Lipinski definition) is 6. The highest BCUT2D eigenvalue weighted by atomic mass is 32.2. The molecule has 1 aliphatic rings. The lowest BCUT2D eigenvalue weighted by atomic mass is 10.2. The molecule has 1 aliphatic heterocycles. The number of hydrogen-bond donors (Lipinski definition) is 1. The molecule has 5 nitrogen and oxygen atoms in total. The van der Waals surface area contributed by atoms with Crippen LogP contribution in [0.1, 0.15) is 15.9 Å². The number of thiazole rings is 1. The normalized spacial score (nSPS) is 13.9. The van der Waals surface area contributed by atoms with E-state index in [1.807, 2.05) is 42.5 Å². The molecule has 0 saturated carbocycles. The van der Waals surface area contributed by atoms with Gasteiger partial charge in [0.2, 0.25) is 0 Å². The van der Waals surface area contributed by atoms with Gasteiger partial charge in [-0.1, -0.05) is 41.7 Å². The monoisotopic (exact) mass is 479 g/mol. The van der Waals surface area contributed by atoms with Crippen molar-refractivity contribution < 1.29 is 13.9 Å². The average Bonchev–Trinajstić information content (AvgIpc) is 3.28. The van der Waals surface area contributed by atoms with Gasteiger partial charge in [0.05, 0.1) is 29.0 Å². The summed E-state index contributed by atoms with van der Waals surface area (Å²) in [6, 6.07) is 19.9. The Hall–Kier alpha value is -2.94. The molecule has 4 aromatic rings. The molecule has 2 heterocycles. The first-order valence-electron chi connectivity index (χ1n) is 10.7. The van der Waals surface area contributed by atoms with E-state index in [1.54, 1.807) is 29.5 Å². The van der Waals surface area contributed by atoms with Gasteiger partial charge < -0.3 is 15.0 Å². The maximum atomic E-state index is 14.0. The summed E-state index contributed by atoms with van der Waals surface area (Å²) >= 11 is 3.07. The molecule has 1 amide bonds. The molecule has 1 N–H and O–H groups in total. The molecule has 0 bridgehead atoms. The van der Waals surface area contributed by atoms with E-state index in [9.17, 15) is 9.18 Å². The van der Waals surface area contributed by atoms with Crippen LogP contribution in [0.15, 0.2) is 71.6 Å². The smallest absolute Gasteiger partial charge is 0.256 e. The Morgan fingerprint density at radius 2 is 1.88 bits per heavy atom. The third kappa shape index (κ3) is 5.03. The average molecular weight is 480 g/mol. The number of nitrogens with zero attached hydrogens (tertiary/aromatic N) is 2. The number of anilines is 2.